The topological polar surface area (TPSA) is 65.2 Å². The van der Waals surface area contributed by atoms with Gasteiger partial charge in [0.05, 0.1) is 5.92 Å². The maximum atomic E-state index is 14.7. The number of ketones is 1. The van der Waals surface area contributed by atoms with E-state index >= 15 is 0 Å². The highest BCUT2D eigenvalue weighted by Crippen LogP contribution is 2.61. The fraction of sp³-hybridized carbons (Fsp3) is 0.241. The third kappa shape index (κ3) is 2.75. The van der Waals surface area contributed by atoms with Crippen LogP contribution in [0.1, 0.15) is 33.0 Å². The minimum absolute atomic E-state index is 0.0271. The van der Waals surface area contributed by atoms with Crippen LogP contribution in [0.5, 0.6) is 0 Å². The number of hydrogen-bond acceptors (Lipinski definition) is 4. The first-order chi connectivity index (χ1) is 17.1. The van der Waals surface area contributed by atoms with Crippen LogP contribution in [0.25, 0.3) is 10.9 Å². The number of benzene rings is 3. The number of carbonyl (C=O) groups is 2. The molecule has 1 spiro atoms. The SMILES string of the molecule is Cc1ccc([C@@H]2[C@@H](C(=O)c3c[nH]c4ccccc34)[C@]3(C(=O)Nc4ccccc43)N3CSC[C@@H]23)cc1. The summed E-state index contributed by atoms with van der Waals surface area (Å²) in [6, 6.07) is 24.4. The van der Waals surface area contributed by atoms with E-state index in [4.69, 9.17) is 0 Å². The van der Waals surface area contributed by atoms with Crippen LogP contribution < -0.4 is 5.32 Å². The van der Waals surface area contributed by atoms with Crippen molar-refractivity contribution in [2.24, 2.45) is 5.92 Å². The van der Waals surface area contributed by atoms with E-state index in [9.17, 15) is 9.59 Å². The zero-order chi connectivity index (χ0) is 23.7. The third-order valence-corrected chi connectivity index (χ3v) is 9.17. The van der Waals surface area contributed by atoms with Gasteiger partial charge >= 0.3 is 0 Å². The van der Waals surface area contributed by atoms with Crippen LogP contribution in [0.2, 0.25) is 0 Å². The van der Waals surface area contributed by atoms with Crippen LogP contribution in [0.4, 0.5) is 5.69 Å². The lowest BCUT2D eigenvalue weighted by atomic mass is 9.69. The maximum absolute atomic E-state index is 14.7. The first-order valence-electron chi connectivity index (χ1n) is 12.0. The minimum Gasteiger partial charge on any atom is -0.360 e. The summed E-state index contributed by atoms with van der Waals surface area (Å²) in [6.07, 6.45) is 1.82. The molecule has 3 aliphatic rings. The van der Waals surface area contributed by atoms with Gasteiger partial charge in [0.2, 0.25) is 5.91 Å². The Morgan fingerprint density at radius 3 is 2.66 bits per heavy atom. The van der Waals surface area contributed by atoms with Gasteiger partial charge < -0.3 is 10.3 Å². The van der Waals surface area contributed by atoms with E-state index < -0.39 is 11.5 Å². The number of fused-ring (bicyclic) bond motifs is 5. The standard InChI is InChI=1S/C29H25N3O2S/c1-17-10-12-18(13-11-17)25-24-15-35-16-32(24)29(21-7-3-5-9-23(21)31-28(29)34)26(25)27(33)20-14-30-22-8-4-2-6-19(20)22/h2-14,24-26,30H,15-16H2,1H3,(H,31,34)/t24-,25-,26-,29+/m0/s1. The number of aromatic nitrogens is 1. The van der Waals surface area contributed by atoms with Gasteiger partial charge in [-0.2, -0.15) is 0 Å². The van der Waals surface area contributed by atoms with E-state index in [1.807, 2.05) is 66.5 Å². The van der Waals surface area contributed by atoms with Crippen molar-refractivity contribution in [2.45, 2.75) is 24.4 Å². The number of H-pyrrole nitrogens is 1. The highest BCUT2D eigenvalue weighted by atomic mass is 32.2. The van der Waals surface area contributed by atoms with Crippen LogP contribution in [-0.2, 0) is 10.3 Å². The van der Waals surface area contributed by atoms with E-state index in [2.05, 4.69) is 46.4 Å². The number of anilines is 1. The molecule has 1 amide bonds. The van der Waals surface area contributed by atoms with Crippen LogP contribution in [0.15, 0.2) is 79.0 Å². The maximum Gasteiger partial charge on any atom is 0.250 e. The second-order valence-electron chi connectivity index (χ2n) is 9.83. The molecular weight excluding hydrogens is 454 g/mol. The van der Waals surface area contributed by atoms with Gasteiger partial charge in [0.25, 0.3) is 0 Å². The Balaban J connectivity index is 1.50. The molecule has 1 aromatic heterocycles. The van der Waals surface area contributed by atoms with E-state index in [1.165, 1.54) is 5.56 Å². The fourth-order valence-electron chi connectivity index (χ4n) is 6.64. The van der Waals surface area contributed by atoms with Crippen LogP contribution in [0, 0.1) is 12.8 Å². The van der Waals surface area contributed by atoms with Crippen molar-refractivity contribution >= 4 is 40.0 Å². The first-order valence-corrected chi connectivity index (χ1v) is 13.2. The zero-order valence-electron chi connectivity index (χ0n) is 19.3. The van der Waals surface area contributed by atoms with Crippen molar-refractivity contribution < 1.29 is 9.59 Å². The molecule has 3 aliphatic heterocycles. The molecule has 35 heavy (non-hydrogen) atoms. The Morgan fingerprint density at radius 1 is 1.03 bits per heavy atom. The first kappa shape index (κ1) is 21.0. The van der Waals surface area contributed by atoms with Crippen molar-refractivity contribution in [3.63, 3.8) is 0 Å². The highest BCUT2D eigenvalue weighted by Gasteiger charge is 2.69. The Morgan fingerprint density at radius 2 is 1.80 bits per heavy atom. The molecule has 6 heteroatoms. The second kappa shape index (κ2) is 7.57. The van der Waals surface area contributed by atoms with Crippen molar-refractivity contribution in [1.29, 1.82) is 0 Å². The molecule has 174 valence electrons. The van der Waals surface area contributed by atoms with Crippen LogP contribution in [0.3, 0.4) is 0 Å². The molecule has 5 nitrogen and oxygen atoms in total. The molecule has 3 aromatic carbocycles. The number of amides is 1. The summed E-state index contributed by atoms with van der Waals surface area (Å²) in [7, 11) is 0. The van der Waals surface area contributed by atoms with Crippen molar-refractivity contribution in [1.82, 2.24) is 9.88 Å². The van der Waals surface area contributed by atoms with Gasteiger partial charge in [-0.1, -0.05) is 66.2 Å². The number of rotatable bonds is 3. The monoisotopic (exact) mass is 479 g/mol. The van der Waals surface area contributed by atoms with E-state index in [1.54, 1.807) is 0 Å². The van der Waals surface area contributed by atoms with Gasteiger partial charge in [0.15, 0.2) is 5.78 Å². The van der Waals surface area contributed by atoms with Crippen LogP contribution >= 0.6 is 11.8 Å². The predicted octanol–water partition coefficient (Wildman–Crippen LogP) is 5.30. The summed E-state index contributed by atoms with van der Waals surface area (Å²) < 4.78 is 0. The molecule has 0 aliphatic carbocycles. The van der Waals surface area contributed by atoms with Gasteiger partial charge in [-0.05, 0) is 24.6 Å². The fourth-order valence-corrected chi connectivity index (χ4v) is 7.96. The number of thioether (sulfide) groups is 1. The molecule has 4 atom stereocenters. The lowest BCUT2D eigenvalue weighted by Crippen LogP contribution is -2.52. The van der Waals surface area contributed by atoms with Crippen molar-refractivity contribution in [2.75, 3.05) is 16.9 Å². The van der Waals surface area contributed by atoms with E-state index in [0.29, 0.717) is 5.56 Å². The number of hydrogen-bond donors (Lipinski definition) is 2. The number of carbonyl (C=O) groups excluding carboxylic acids is 2. The molecule has 0 unspecified atom stereocenters. The number of para-hydroxylation sites is 2. The van der Waals surface area contributed by atoms with E-state index in [0.717, 1.165) is 39.3 Å². The summed E-state index contributed by atoms with van der Waals surface area (Å²) in [5.41, 5.74) is 4.60. The molecular formula is C29H25N3O2S. The summed E-state index contributed by atoms with van der Waals surface area (Å²) in [5, 5.41) is 4.05. The molecule has 2 fully saturated rings. The molecule has 7 rings (SSSR count). The Hall–Kier alpha value is -3.35. The summed E-state index contributed by atoms with van der Waals surface area (Å²) in [6.45, 7) is 2.08. The van der Waals surface area contributed by atoms with Gasteiger partial charge in [0, 0.05) is 57.5 Å². The van der Waals surface area contributed by atoms with Gasteiger partial charge in [-0.3, -0.25) is 14.5 Å². The largest absolute Gasteiger partial charge is 0.360 e. The van der Waals surface area contributed by atoms with Gasteiger partial charge in [-0.25, -0.2) is 0 Å². The van der Waals surface area contributed by atoms with Crippen molar-refractivity contribution in [3.8, 4) is 0 Å². The van der Waals surface area contributed by atoms with E-state index in [-0.39, 0.29) is 23.7 Å². The Labute approximate surface area is 207 Å². The van der Waals surface area contributed by atoms with Gasteiger partial charge in [-0.15, -0.1) is 11.8 Å². The molecule has 0 radical (unpaired) electrons. The molecule has 0 bridgehead atoms. The smallest absolute Gasteiger partial charge is 0.250 e. The Kier molecular flexibility index (Phi) is 4.54. The lowest BCUT2D eigenvalue weighted by Gasteiger charge is -2.36. The number of nitrogens with zero attached hydrogens (tertiary/aromatic N) is 1. The average molecular weight is 480 g/mol. The van der Waals surface area contributed by atoms with Crippen LogP contribution in [-0.4, -0.2) is 39.2 Å². The molecule has 0 saturated carbocycles. The molecule has 4 aromatic rings. The quantitative estimate of drug-likeness (QED) is 0.392. The summed E-state index contributed by atoms with van der Waals surface area (Å²) >= 11 is 1.85. The Bertz CT molecular complexity index is 1490. The number of aromatic amines is 1. The number of Topliss-reactive ketones (excluding diaryl/α,β-unsaturated/α-hetero) is 1. The normalized spacial score (nSPS) is 27.3. The lowest BCUT2D eigenvalue weighted by molar-refractivity contribution is -0.127. The zero-order valence-corrected chi connectivity index (χ0v) is 20.1. The third-order valence-electron chi connectivity index (χ3n) is 8.13. The molecule has 4 heterocycles. The average Bonchev–Trinajstić information content (AvgIpc) is 3.63. The van der Waals surface area contributed by atoms with Crippen molar-refractivity contribution in [3.05, 3.63) is 101 Å². The highest BCUT2D eigenvalue weighted by molar-refractivity contribution is 7.99. The number of aryl methyl sites for hydroxylation is 1. The summed E-state index contributed by atoms with van der Waals surface area (Å²) in [4.78, 5) is 34.3. The summed E-state index contributed by atoms with van der Waals surface area (Å²) in [5.74, 6) is 0.931. The molecule has 2 N–H and O–H groups in total. The predicted molar refractivity (Wildman–Crippen MR) is 140 cm³/mol. The molecule has 2 saturated heterocycles. The number of nitrogens with one attached hydrogen (secondary N) is 2. The van der Waals surface area contributed by atoms with Gasteiger partial charge in [0.1, 0.15) is 5.54 Å². The minimum atomic E-state index is -1.03. The second-order valence-corrected chi connectivity index (χ2v) is 10.8.